The van der Waals surface area contributed by atoms with Crippen LogP contribution in [-0.2, 0) is 20.4 Å². The monoisotopic (exact) mass is 797 g/mol. The zero-order valence-electron chi connectivity index (χ0n) is 34.5. The maximum absolute atomic E-state index is 15.4. The van der Waals surface area contributed by atoms with Gasteiger partial charge in [0.15, 0.2) is 8.32 Å². The average Bonchev–Trinajstić information content (AvgIpc) is 3.72. The lowest BCUT2D eigenvalue weighted by Gasteiger charge is -2.42. The minimum absolute atomic E-state index is 0.0142. The van der Waals surface area contributed by atoms with Crippen molar-refractivity contribution in [2.75, 3.05) is 39.5 Å². The predicted molar refractivity (Wildman–Crippen MR) is 215 cm³/mol. The lowest BCUT2D eigenvalue weighted by Crippen LogP contribution is -2.53. The molecule has 14 heteroatoms. The number of carbonyl (C=O) groups is 2. The number of aliphatic hydroxyl groups is 1. The summed E-state index contributed by atoms with van der Waals surface area (Å²) in [5.41, 5.74) is 0.505. The first-order valence-electron chi connectivity index (χ1n) is 19.7. The SMILES string of the molecule is C[C@H](CO)NC(=O)N(C[C@H]1CN(C(=O)OC(C)(C)C)C[C@@H]1O[Si](C)(C)C(C)(C)C)[C@@H](c1nc(-c2cc(F)ccc2F)cn1Cc1ccccc1)C1CCOCC1. The number of amides is 3. The molecule has 2 aliphatic heterocycles. The van der Waals surface area contributed by atoms with Gasteiger partial charge in [0.2, 0.25) is 0 Å². The summed E-state index contributed by atoms with van der Waals surface area (Å²) in [5, 5.41) is 12.9. The van der Waals surface area contributed by atoms with Crippen LogP contribution in [0.3, 0.4) is 0 Å². The van der Waals surface area contributed by atoms with Crippen molar-refractivity contribution in [3.8, 4) is 11.3 Å². The van der Waals surface area contributed by atoms with Gasteiger partial charge in [-0.25, -0.2) is 23.4 Å². The van der Waals surface area contributed by atoms with Gasteiger partial charge in [0, 0.05) is 57.1 Å². The van der Waals surface area contributed by atoms with E-state index >= 15 is 4.39 Å². The van der Waals surface area contributed by atoms with Crippen LogP contribution in [0.25, 0.3) is 11.3 Å². The Balaban J connectivity index is 1.66. The second kappa shape index (κ2) is 17.7. The number of nitrogens with one attached hydrogen (secondary N) is 1. The third kappa shape index (κ3) is 10.8. The number of likely N-dealkylation sites (tertiary alicyclic amines) is 1. The van der Waals surface area contributed by atoms with Crippen molar-refractivity contribution >= 4 is 20.4 Å². The molecule has 0 spiro atoms. The van der Waals surface area contributed by atoms with Crippen molar-refractivity contribution in [3.05, 3.63) is 77.8 Å². The summed E-state index contributed by atoms with van der Waals surface area (Å²) in [6.07, 6.45) is 2.09. The standard InChI is InChI=1S/C42H61F2N5O6Si/c1-28(27-50)45-39(51)49(24-31-23-48(40(52)54-41(2,3)4)26-36(31)55-56(8,9)42(5,6)7)37(30-17-19-53-20-18-30)38-46-35(33-21-32(43)15-16-34(33)44)25-47(38)22-29-13-11-10-12-14-29/h10-16,21,25,28,30-31,36-37,50H,17-20,22-24,26-27H2,1-9H3,(H,45,51)/t28-,31-,36+,37-/m1/s1. The van der Waals surface area contributed by atoms with E-state index in [0.29, 0.717) is 45.0 Å². The molecule has 1 aromatic heterocycles. The average molecular weight is 798 g/mol. The van der Waals surface area contributed by atoms with E-state index in [1.807, 2.05) is 55.7 Å². The minimum Gasteiger partial charge on any atom is -0.444 e. The van der Waals surface area contributed by atoms with E-state index in [-0.39, 0.29) is 47.8 Å². The van der Waals surface area contributed by atoms with E-state index in [9.17, 15) is 19.1 Å². The molecule has 2 aliphatic rings. The molecule has 2 N–H and O–H groups in total. The van der Waals surface area contributed by atoms with E-state index in [1.165, 1.54) is 0 Å². The maximum Gasteiger partial charge on any atom is 0.410 e. The molecule has 2 saturated heterocycles. The number of aliphatic hydroxyl groups excluding tert-OH is 1. The fourth-order valence-electron chi connectivity index (χ4n) is 7.13. The molecule has 3 heterocycles. The van der Waals surface area contributed by atoms with Crippen molar-refractivity contribution in [1.82, 2.24) is 24.7 Å². The first-order chi connectivity index (χ1) is 26.3. The van der Waals surface area contributed by atoms with E-state index in [4.69, 9.17) is 18.9 Å². The Kier molecular flexibility index (Phi) is 13.7. The number of ether oxygens (including phenoxy) is 2. The third-order valence-corrected chi connectivity index (χ3v) is 15.6. The number of rotatable bonds is 12. The zero-order chi connectivity index (χ0) is 41.0. The van der Waals surface area contributed by atoms with Crippen LogP contribution >= 0.6 is 0 Å². The lowest BCUT2D eigenvalue weighted by atomic mass is 9.89. The van der Waals surface area contributed by atoms with Gasteiger partial charge in [0.1, 0.15) is 23.1 Å². The number of benzene rings is 2. The molecule has 3 aromatic rings. The summed E-state index contributed by atoms with van der Waals surface area (Å²) in [6.45, 7) is 19.8. The summed E-state index contributed by atoms with van der Waals surface area (Å²) in [7, 11) is -2.38. The number of hydrogen-bond donors (Lipinski definition) is 2. The van der Waals surface area contributed by atoms with Gasteiger partial charge in [0.05, 0.1) is 30.5 Å². The van der Waals surface area contributed by atoms with Crippen molar-refractivity contribution in [3.63, 3.8) is 0 Å². The van der Waals surface area contributed by atoms with Crippen molar-refractivity contribution in [2.24, 2.45) is 11.8 Å². The number of imidazole rings is 1. The fourth-order valence-corrected chi connectivity index (χ4v) is 8.51. The highest BCUT2D eigenvalue weighted by molar-refractivity contribution is 6.74. The fraction of sp³-hybridized carbons (Fsp3) is 0.595. The molecule has 56 heavy (non-hydrogen) atoms. The second-order valence-corrected chi connectivity index (χ2v) is 22.6. The Morgan fingerprint density at radius 1 is 1.05 bits per heavy atom. The lowest BCUT2D eigenvalue weighted by molar-refractivity contribution is 0.0223. The normalized spacial score (nSPS) is 19.5. The second-order valence-electron chi connectivity index (χ2n) is 17.9. The van der Waals surface area contributed by atoms with Crippen molar-refractivity contribution < 1.29 is 37.4 Å². The Labute approximate surface area is 331 Å². The molecule has 0 bridgehead atoms. The summed E-state index contributed by atoms with van der Waals surface area (Å²) < 4.78 is 50.6. The van der Waals surface area contributed by atoms with Crippen LogP contribution in [0.5, 0.6) is 0 Å². The molecule has 0 unspecified atom stereocenters. The van der Waals surface area contributed by atoms with Gasteiger partial charge in [0.25, 0.3) is 0 Å². The minimum atomic E-state index is -2.38. The van der Waals surface area contributed by atoms with Crippen LogP contribution in [0.15, 0.2) is 54.7 Å². The molecule has 2 aromatic carbocycles. The Morgan fingerprint density at radius 3 is 2.36 bits per heavy atom. The molecule has 0 aliphatic carbocycles. The Morgan fingerprint density at radius 2 is 1.73 bits per heavy atom. The molecular formula is C42H61F2N5O6Si. The van der Waals surface area contributed by atoms with Crippen LogP contribution in [0.4, 0.5) is 18.4 Å². The molecule has 11 nitrogen and oxygen atoms in total. The first kappa shape index (κ1) is 43.3. The largest absolute Gasteiger partial charge is 0.444 e. The summed E-state index contributed by atoms with van der Waals surface area (Å²) in [5.74, 6) is -1.16. The van der Waals surface area contributed by atoms with Crippen molar-refractivity contribution in [1.29, 1.82) is 0 Å². The number of nitrogens with zero attached hydrogens (tertiary/aromatic N) is 4. The molecule has 5 rings (SSSR count). The quantitative estimate of drug-likeness (QED) is 0.179. The number of carbonyl (C=O) groups excluding carboxylic acids is 2. The van der Waals surface area contributed by atoms with E-state index in [1.54, 1.807) is 22.9 Å². The Bertz CT molecular complexity index is 1790. The first-order valence-corrected chi connectivity index (χ1v) is 22.6. The van der Waals surface area contributed by atoms with Crippen LogP contribution in [-0.4, -0.2) is 102 Å². The third-order valence-electron chi connectivity index (χ3n) is 11.1. The molecule has 0 radical (unpaired) electrons. The highest BCUT2D eigenvalue weighted by atomic mass is 28.4. The van der Waals surface area contributed by atoms with Crippen LogP contribution in [0, 0.1) is 23.5 Å². The summed E-state index contributed by atoms with van der Waals surface area (Å²) in [6, 6.07) is 11.4. The van der Waals surface area contributed by atoms with E-state index in [2.05, 4.69) is 39.2 Å². The van der Waals surface area contributed by atoms with Gasteiger partial charge in [-0.3, -0.25) is 0 Å². The smallest absolute Gasteiger partial charge is 0.410 e. The van der Waals surface area contributed by atoms with Gasteiger partial charge < -0.3 is 38.7 Å². The molecule has 0 saturated carbocycles. The van der Waals surface area contributed by atoms with E-state index in [0.717, 1.165) is 23.8 Å². The molecule has 3 amide bonds. The Hall–Kier alpha value is -3.85. The van der Waals surface area contributed by atoms with Crippen LogP contribution in [0.1, 0.15) is 78.7 Å². The van der Waals surface area contributed by atoms with Crippen LogP contribution < -0.4 is 5.32 Å². The highest BCUT2D eigenvalue weighted by Gasteiger charge is 2.47. The van der Waals surface area contributed by atoms with Gasteiger partial charge in [-0.15, -0.1) is 0 Å². The van der Waals surface area contributed by atoms with Gasteiger partial charge in [-0.2, -0.15) is 0 Å². The molecule has 308 valence electrons. The molecule has 4 atom stereocenters. The highest BCUT2D eigenvalue weighted by Crippen LogP contribution is 2.42. The topological polar surface area (TPSA) is 118 Å². The van der Waals surface area contributed by atoms with Crippen molar-refractivity contribution in [2.45, 2.75) is 110 Å². The maximum atomic E-state index is 15.4. The van der Waals surface area contributed by atoms with Gasteiger partial charge in [-0.1, -0.05) is 51.1 Å². The predicted octanol–water partition coefficient (Wildman–Crippen LogP) is 7.99. The van der Waals surface area contributed by atoms with Gasteiger partial charge in [-0.05, 0) is 88.3 Å². The van der Waals surface area contributed by atoms with E-state index < -0.39 is 55.9 Å². The summed E-state index contributed by atoms with van der Waals surface area (Å²) in [4.78, 5) is 36.8. The number of urea groups is 1. The number of hydrogen-bond acceptors (Lipinski definition) is 7. The zero-order valence-corrected chi connectivity index (χ0v) is 35.5. The number of halogens is 2. The summed E-state index contributed by atoms with van der Waals surface area (Å²) >= 11 is 0. The number of aromatic nitrogens is 2. The molecular weight excluding hydrogens is 737 g/mol. The van der Waals surface area contributed by atoms with Gasteiger partial charge >= 0.3 is 12.1 Å². The molecule has 2 fully saturated rings. The van der Waals surface area contributed by atoms with Crippen LogP contribution in [0.2, 0.25) is 18.1 Å².